The monoisotopic (exact) mass is 349 g/mol. The minimum absolute atomic E-state index is 0.107. The van der Waals surface area contributed by atoms with Crippen molar-refractivity contribution in [2.75, 3.05) is 7.11 Å². The number of esters is 1. The van der Waals surface area contributed by atoms with Crippen LogP contribution in [0, 0.1) is 5.92 Å². The Labute approximate surface area is 152 Å². The van der Waals surface area contributed by atoms with Gasteiger partial charge in [0, 0.05) is 30.8 Å². The summed E-state index contributed by atoms with van der Waals surface area (Å²) in [5.74, 6) is 0.904. The minimum Gasteiger partial charge on any atom is -0.469 e. The molecular formula is C21H35NO3. The van der Waals surface area contributed by atoms with Crippen LogP contribution in [0.1, 0.15) is 82.7 Å². The van der Waals surface area contributed by atoms with Crippen molar-refractivity contribution in [3.05, 3.63) is 24.0 Å². The number of carbonyl (C=O) groups is 1. The summed E-state index contributed by atoms with van der Waals surface area (Å²) in [5.41, 5.74) is 1.40. The molecule has 3 unspecified atom stereocenters. The number of hydrogen-bond donors (Lipinski definition) is 1. The SMILES string of the molecule is CCCCCC(O)C1CC1c1cccn1CCCCCCC(=O)OC. The Hall–Kier alpha value is -1.29. The predicted octanol–water partition coefficient (Wildman–Crippen LogP) is 4.66. The topological polar surface area (TPSA) is 51.5 Å². The van der Waals surface area contributed by atoms with Crippen molar-refractivity contribution in [3.63, 3.8) is 0 Å². The van der Waals surface area contributed by atoms with Crippen LogP contribution in [0.4, 0.5) is 0 Å². The van der Waals surface area contributed by atoms with E-state index in [-0.39, 0.29) is 12.1 Å². The second-order valence-electron chi connectivity index (χ2n) is 7.44. The molecular weight excluding hydrogens is 314 g/mol. The molecule has 3 atom stereocenters. The van der Waals surface area contributed by atoms with E-state index in [0.717, 1.165) is 51.5 Å². The Balaban J connectivity index is 1.66. The van der Waals surface area contributed by atoms with Gasteiger partial charge in [0.1, 0.15) is 0 Å². The molecule has 1 fully saturated rings. The molecule has 0 radical (unpaired) electrons. The molecule has 4 heteroatoms. The highest BCUT2D eigenvalue weighted by atomic mass is 16.5. The van der Waals surface area contributed by atoms with Gasteiger partial charge in [-0.2, -0.15) is 0 Å². The van der Waals surface area contributed by atoms with E-state index in [0.29, 0.717) is 18.3 Å². The zero-order valence-electron chi connectivity index (χ0n) is 16.0. The summed E-state index contributed by atoms with van der Waals surface area (Å²) in [6.45, 7) is 3.24. The third-order valence-corrected chi connectivity index (χ3v) is 5.44. The van der Waals surface area contributed by atoms with Crippen LogP contribution in [0.25, 0.3) is 0 Å². The zero-order valence-corrected chi connectivity index (χ0v) is 16.0. The number of rotatable bonds is 13. The quantitative estimate of drug-likeness (QED) is 0.416. The van der Waals surface area contributed by atoms with E-state index in [1.165, 1.54) is 25.6 Å². The Bertz CT molecular complexity index is 511. The summed E-state index contributed by atoms with van der Waals surface area (Å²) >= 11 is 0. The molecule has 1 aliphatic rings. The fraction of sp³-hybridized carbons (Fsp3) is 0.762. The Morgan fingerprint density at radius 2 is 2.08 bits per heavy atom. The first-order chi connectivity index (χ1) is 12.2. The number of ether oxygens (including phenoxy) is 1. The molecule has 142 valence electrons. The number of carbonyl (C=O) groups excluding carboxylic acids is 1. The normalized spacial score (nSPS) is 20.4. The predicted molar refractivity (Wildman–Crippen MR) is 101 cm³/mol. The maximum atomic E-state index is 11.1. The van der Waals surface area contributed by atoms with Gasteiger partial charge < -0.3 is 14.4 Å². The van der Waals surface area contributed by atoms with E-state index < -0.39 is 0 Å². The highest BCUT2D eigenvalue weighted by molar-refractivity contribution is 5.68. The van der Waals surface area contributed by atoms with Crippen molar-refractivity contribution in [2.24, 2.45) is 5.92 Å². The maximum Gasteiger partial charge on any atom is 0.305 e. The van der Waals surface area contributed by atoms with E-state index in [1.807, 2.05) is 0 Å². The van der Waals surface area contributed by atoms with E-state index in [4.69, 9.17) is 0 Å². The van der Waals surface area contributed by atoms with Crippen molar-refractivity contribution in [2.45, 2.75) is 89.7 Å². The van der Waals surface area contributed by atoms with Crippen LogP contribution in [-0.2, 0) is 16.1 Å². The van der Waals surface area contributed by atoms with Crippen LogP contribution in [0.3, 0.4) is 0 Å². The lowest BCUT2D eigenvalue weighted by Crippen LogP contribution is -2.11. The van der Waals surface area contributed by atoms with Crippen molar-refractivity contribution in [3.8, 4) is 0 Å². The molecule has 1 N–H and O–H groups in total. The van der Waals surface area contributed by atoms with Gasteiger partial charge in [-0.15, -0.1) is 0 Å². The second-order valence-corrected chi connectivity index (χ2v) is 7.44. The number of methoxy groups -OCH3 is 1. The molecule has 0 aliphatic heterocycles. The van der Waals surface area contributed by atoms with E-state index in [2.05, 4.69) is 34.6 Å². The number of aryl methyl sites for hydroxylation is 1. The molecule has 0 aromatic carbocycles. The van der Waals surface area contributed by atoms with Gasteiger partial charge in [-0.25, -0.2) is 0 Å². The van der Waals surface area contributed by atoms with Gasteiger partial charge in [0.2, 0.25) is 0 Å². The third-order valence-electron chi connectivity index (χ3n) is 5.44. The molecule has 1 aromatic heterocycles. The first kappa shape index (κ1) is 20.0. The van der Waals surface area contributed by atoms with Crippen LogP contribution in [0.5, 0.6) is 0 Å². The molecule has 2 rings (SSSR count). The maximum absolute atomic E-state index is 11.1. The van der Waals surface area contributed by atoms with Gasteiger partial charge in [-0.05, 0) is 43.7 Å². The second kappa shape index (κ2) is 10.6. The lowest BCUT2D eigenvalue weighted by Gasteiger charge is -2.12. The molecule has 0 saturated heterocycles. The molecule has 0 bridgehead atoms. The average molecular weight is 350 g/mol. The lowest BCUT2D eigenvalue weighted by atomic mass is 10.0. The number of aliphatic hydroxyl groups is 1. The van der Waals surface area contributed by atoms with Gasteiger partial charge in [-0.3, -0.25) is 4.79 Å². The van der Waals surface area contributed by atoms with Gasteiger partial charge in [-0.1, -0.05) is 39.0 Å². The molecule has 1 heterocycles. The Morgan fingerprint density at radius 3 is 2.84 bits per heavy atom. The van der Waals surface area contributed by atoms with Gasteiger partial charge >= 0.3 is 5.97 Å². The lowest BCUT2D eigenvalue weighted by molar-refractivity contribution is -0.140. The smallest absolute Gasteiger partial charge is 0.305 e. The van der Waals surface area contributed by atoms with E-state index in [9.17, 15) is 9.90 Å². The number of unbranched alkanes of at least 4 members (excludes halogenated alkanes) is 5. The fourth-order valence-corrected chi connectivity index (χ4v) is 3.77. The average Bonchev–Trinajstić information content (AvgIpc) is 3.28. The molecule has 4 nitrogen and oxygen atoms in total. The van der Waals surface area contributed by atoms with Crippen molar-refractivity contribution in [1.29, 1.82) is 0 Å². The number of aromatic nitrogens is 1. The molecule has 1 aliphatic carbocycles. The highest BCUT2D eigenvalue weighted by Gasteiger charge is 2.44. The van der Waals surface area contributed by atoms with Crippen LogP contribution in [0.2, 0.25) is 0 Å². The number of aliphatic hydroxyl groups excluding tert-OH is 1. The summed E-state index contributed by atoms with van der Waals surface area (Å²) in [6.07, 6.45) is 12.5. The van der Waals surface area contributed by atoms with Gasteiger partial charge in [0.15, 0.2) is 0 Å². The third kappa shape index (κ3) is 6.50. The molecule has 1 aromatic rings. The van der Waals surface area contributed by atoms with Gasteiger partial charge in [0.25, 0.3) is 0 Å². The Morgan fingerprint density at radius 1 is 1.28 bits per heavy atom. The standard InChI is InChI=1S/C21H35NO3/c1-3-4-7-12-20(23)18-16-17(18)19-11-10-15-22(19)14-9-6-5-8-13-21(24)25-2/h10-11,15,17-18,20,23H,3-9,12-14,16H2,1-2H3. The molecule has 0 amide bonds. The van der Waals surface area contributed by atoms with Crippen LogP contribution in [-0.4, -0.2) is 28.9 Å². The first-order valence-electron chi connectivity index (χ1n) is 10.1. The molecule has 25 heavy (non-hydrogen) atoms. The fourth-order valence-electron chi connectivity index (χ4n) is 3.77. The van der Waals surface area contributed by atoms with Crippen molar-refractivity contribution >= 4 is 5.97 Å². The largest absolute Gasteiger partial charge is 0.469 e. The number of hydrogen-bond acceptors (Lipinski definition) is 3. The zero-order chi connectivity index (χ0) is 18.1. The Kier molecular flexibility index (Phi) is 8.53. The summed E-state index contributed by atoms with van der Waals surface area (Å²) in [7, 11) is 1.45. The van der Waals surface area contributed by atoms with Crippen molar-refractivity contribution < 1.29 is 14.6 Å². The van der Waals surface area contributed by atoms with Crippen LogP contribution < -0.4 is 0 Å². The summed E-state index contributed by atoms with van der Waals surface area (Å²) in [5, 5.41) is 10.4. The van der Waals surface area contributed by atoms with Gasteiger partial charge in [0.05, 0.1) is 13.2 Å². The van der Waals surface area contributed by atoms with Crippen molar-refractivity contribution in [1.82, 2.24) is 4.57 Å². The first-order valence-corrected chi connectivity index (χ1v) is 10.1. The van der Waals surface area contributed by atoms with E-state index >= 15 is 0 Å². The van der Waals surface area contributed by atoms with Crippen LogP contribution >= 0.6 is 0 Å². The van der Waals surface area contributed by atoms with Crippen LogP contribution in [0.15, 0.2) is 18.3 Å². The summed E-state index contributed by atoms with van der Waals surface area (Å²) in [6, 6.07) is 4.35. The highest BCUT2D eigenvalue weighted by Crippen LogP contribution is 2.50. The summed E-state index contributed by atoms with van der Waals surface area (Å²) in [4.78, 5) is 11.1. The molecule has 1 saturated carbocycles. The minimum atomic E-state index is -0.127. The number of nitrogens with zero attached hydrogens (tertiary/aromatic N) is 1. The van der Waals surface area contributed by atoms with E-state index in [1.54, 1.807) is 0 Å². The summed E-state index contributed by atoms with van der Waals surface area (Å²) < 4.78 is 7.03. The molecule has 0 spiro atoms.